The van der Waals surface area contributed by atoms with Crippen molar-refractivity contribution in [1.29, 1.82) is 5.26 Å². The average molecular weight is 328 g/mol. The Morgan fingerprint density at radius 2 is 1.88 bits per heavy atom. The van der Waals surface area contributed by atoms with Gasteiger partial charge in [-0.15, -0.1) is 0 Å². The molecular formula is C18H24N4O2. The molecule has 1 heterocycles. The van der Waals surface area contributed by atoms with Gasteiger partial charge in [-0.05, 0) is 18.7 Å². The second kappa shape index (κ2) is 8.46. The summed E-state index contributed by atoms with van der Waals surface area (Å²) in [5.41, 5.74) is 1.01. The molecular weight excluding hydrogens is 304 g/mol. The van der Waals surface area contributed by atoms with Crippen LogP contribution in [-0.4, -0.2) is 60.9 Å². The summed E-state index contributed by atoms with van der Waals surface area (Å²) in [4.78, 5) is 30.1. The number of nitriles is 1. The number of anilines is 1. The molecule has 2 amide bonds. The second-order valence-electron chi connectivity index (χ2n) is 5.86. The van der Waals surface area contributed by atoms with E-state index >= 15 is 0 Å². The summed E-state index contributed by atoms with van der Waals surface area (Å²) in [5, 5.41) is 9.21. The summed E-state index contributed by atoms with van der Waals surface area (Å²) < 4.78 is 0. The molecule has 1 fully saturated rings. The molecule has 0 bridgehead atoms. The summed E-state index contributed by atoms with van der Waals surface area (Å²) in [6, 6.07) is 9.07. The van der Waals surface area contributed by atoms with E-state index in [-0.39, 0.29) is 18.2 Å². The molecule has 1 saturated heterocycles. The lowest BCUT2D eigenvalue weighted by Crippen LogP contribution is -2.49. The Balaban J connectivity index is 1.98. The van der Waals surface area contributed by atoms with Crippen LogP contribution in [0.1, 0.15) is 25.8 Å². The minimum atomic E-state index is -0.165. The molecule has 0 saturated carbocycles. The number of carbonyl (C=O) groups excluding carboxylic acids is 2. The highest BCUT2D eigenvalue weighted by molar-refractivity contribution is 5.93. The first kappa shape index (κ1) is 18.0. The molecule has 2 rings (SSSR count). The molecule has 24 heavy (non-hydrogen) atoms. The third-order valence-corrected chi connectivity index (χ3v) is 4.42. The molecule has 1 aromatic rings. The molecule has 6 nitrogen and oxygen atoms in total. The molecule has 0 spiro atoms. The van der Waals surface area contributed by atoms with Gasteiger partial charge in [-0.1, -0.05) is 19.1 Å². The number of para-hydroxylation sites is 1. The number of nitrogens with zero attached hydrogens (tertiary/aromatic N) is 4. The number of likely N-dealkylation sites (N-methyl/N-ethyl adjacent to an activating group) is 1. The normalized spacial score (nSPS) is 15.0. The largest absolute Gasteiger partial charge is 0.340 e. The van der Waals surface area contributed by atoms with E-state index in [1.54, 1.807) is 24.3 Å². The minimum absolute atomic E-state index is 0.0615. The molecule has 0 aromatic heterocycles. The van der Waals surface area contributed by atoms with E-state index < -0.39 is 0 Å². The summed E-state index contributed by atoms with van der Waals surface area (Å²) in [5.74, 6) is -0.104. The number of rotatable bonds is 5. The van der Waals surface area contributed by atoms with E-state index in [1.807, 2.05) is 4.90 Å². The fraction of sp³-hybridized carbons (Fsp3) is 0.500. The number of benzene rings is 1. The van der Waals surface area contributed by atoms with Crippen LogP contribution in [0.25, 0.3) is 0 Å². The van der Waals surface area contributed by atoms with Crippen LogP contribution in [0.15, 0.2) is 24.3 Å². The number of hydrogen-bond acceptors (Lipinski definition) is 4. The van der Waals surface area contributed by atoms with Crippen LogP contribution in [0.4, 0.5) is 5.69 Å². The fourth-order valence-electron chi connectivity index (χ4n) is 2.93. The number of hydrogen-bond donors (Lipinski definition) is 0. The van der Waals surface area contributed by atoms with Gasteiger partial charge < -0.3 is 14.7 Å². The Hall–Kier alpha value is -2.39. The first-order valence-electron chi connectivity index (χ1n) is 8.34. The van der Waals surface area contributed by atoms with Crippen molar-refractivity contribution in [3.05, 3.63) is 29.8 Å². The monoisotopic (exact) mass is 328 g/mol. The third-order valence-electron chi connectivity index (χ3n) is 4.42. The average Bonchev–Trinajstić information content (AvgIpc) is 2.62. The van der Waals surface area contributed by atoms with Crippen molar-refractivity contribution in [1.82, 2.24) is 9.80 Å². The lowest BCUT2D eigenvalue weighted by Gasteiger charge is -2.34. The van der Waals surface area contributed by atoms with Gasteiger partial charge in [0, 0.05) is 46.1 Å². The molecule has 6 heteroatoms. The van der Waals surface area contributed by atoms with Gasteiger partial charge in [0.05, 0.1) is 11.3 Å². The number of amides is 2. The number of piperazine rings is 1. The zero-order valence-corrected chi connectivity index (χ0v) is 14.4. The fourth-order valence-corrected chi connectivity index (χ4v) is 2.93. The van der Waals surface area contributed by atoms with E-state index in [4.69, 9.17) is 0 Å². The Morgan fingerprint density at radius 3 is 2.46 bits per heavy atom. The van der Waals surface area contributed by atoms with E-state index in [0.717, 1.165) is 32.7 Å². The van der Waals surface area contributed by atoms with E-state index in [9.17, 15) is 14.9 Å². The van der Waals surface area contributed by atoms with Crippen LogP contribution in [0.3, 0.4) is 0 Å². The minimum Gasteiger partial charge on any atom is -0.340 e. The smallest absolute Gasteiger partial charge is 0.224 e. The maximum atomic E-state index is 12.4. The van der Waals surface area contributed by atoms with Crippen molar-refractivity contribution >= 4 is 17.5 Å². The van der Waals surface area contributed by atoms with Gasteiger partial charge in [-0.2, -0.15) is 5.26 Å². The molecule has 0 atom stereocenters. The van der Waals surface area contributed by atoms with Gasteiger partial charge in [0.25, 0.3) is 0 Å². The van der Waals surface area contributed by atoms with Crippen molar-refractivity contribution in [2.45, 2.75) is 20.3 Å². The molecule has 0 N–H and O–H groups in total. The first-order chi connectivity index (χ1) is 11.6. The predicted octanol–water partition coefficient (Wildman–Crippen LogP) is 1.47. The van der Waals surface area contributed by atoms with Crippen LogP contribution in [0.5, 0.6) is 0 Å². The Bertz CT molecular complexity index is 630. The summed E-state index contributed by atoms with van der Waals surface area (Å²) >= 11 is 0. The predicted molar refractivity (Wildman–Crippen MR) is 92.5 cm³/mol. The van der Waals surface area contributed by atoms with Gasteiger partial charge in [-0.25, -0.2) is 0 Å². The first-order valence-corrected chi connectivity index (χ1v) is 8.34. The van der Waals surface area contributed by atoms with Gasteiger partial charge in [0.2, 0.25) is 11.8 Å². The van der Waals surface area contributed by atoms with Crippen molar-refractivity contribution in [3.63, 3.8) is 0 Å². The van der Waals surface area contributed by atoms with Crippen molar-refractivity contribution < 1.29 is 9.59 Å². The summed E-state index contributed by atoms with van der Waals surface area (Å²) in [6.07, 6.45) is 0.269. The lowest BCUT2D eigenvalue weighted by atomic mass is 10.1. The van der Waals surface area contributed by atoms with Crippen molar-refractivity contribution in [2.75, 3.05) is 44.2 Å². The summed E-state index contributed by atoms with van der Waals surface area (Å²) in [7, 11) is 0. The quantitative estimate of drug-likeness (QED) is 0.821. The standard InChI is InChI=1S/C18H24N4O2/c1-3-20-10-12-21(13-11-20)18(24)8-9-22(15(2)23)17-7-5-4-6-16(17)14-19/h4-7H,3,8-13H2,1-2H3. The Labute approximate surface area is 143 Å². The van der Waals surface area contributed by atoms with Crippen LogP contribution in [0, 0.1) is 11.3 Å². The lowest BCUT2D eigenvalue weighted by molar-refractivity contribution is -0.132. The van der Waals surface area contributed by atoms with Crippen LogP contribution in [0.2, 0.25) is 0 Å². The maximum Gasteiger partial charge on any atom is 0.224 e. The highest BCUT2D eigenvalue weighted by Gasteiger charge is 2.22. The van der Waals surface area contributed by atoms with Crippen LogP contribution >= 0.6 is 0 Å². The third kappa shape index (κ3) is 4.33. The van der Waals surface area contributed by atoms with Crippen molar-refractivity contribution in [2.24, 2.45) is 0 Å². The van der Waals surface area contributed by atoms with Crippen LogP contribution < -0.4 is 4.90 Å². The van der Waals surface area contributed by atoms with Gasteiger partial charge in [-0.3, -0.25) is 9.59 Å². The van der Waals surface area contributed by atoms with E-state index in [0.29, 0.717) is 17.8 Å². The second-order valence-corrected chi connectivity index (χ2v) is 5.86. The van der Waals surface area contributed by atoms with E-state index in [1.165, 1.54) is 11.8 Å². The Kier molecular flexibility index (Phi) is 6.33. The highest BCUT2D eigenvalue weighted by atomic mass is 16.2. The SMILES string of the molecule is CCN1CCN(C(=O)CCN(C(C)=O)c2ccccc2C#N)CC1. The van der Waals surface area contributed by atoms with Gasteiger partial charge in [0.1, 0.15) is 6.07 Å². The van der Waals surface area contributed by atoms with Crippen LogP contribution in [-0.2, 0) is 9.59 Å². The molecule has 0 aliphatic carbocycles. The number of carbonyl (C=O) groups is 2. The Morgan fingerprint density at radius 1 is 1.21 bits per heavy atom. The molecule has 128 valence electrons. The maximum absolute atomic E-state index is 12.4. The zero-order valence-electron chi connectivity index (χ0n) is 14.4. The summed E-state index contributed by atoms with van der Waals surface area (Å²) in [6.45, 7) is 8.15. The molecule has 0 unspecified atom stereocenters. The molecule has 1 aliphatic rings. The van der Waals surface area contributed by atoms with Gasteiger partial charge in [0.15, 0.2) is 0 Å². The van der Waals surface area contributed by atoms with Crippen molar-refractivity contribution in [3.8, 4) is 6.07 Å². The van der Waals surface area contributed by atoms with E-state index in [2.05, 4.69) is 17.9 Å². The highest BCUT2D eigenvalue weighted by Crippen LogP contribution is 2.20. The topological polar surface area (TPSA) is 67.7 Å². The zero-order chi connectivity index (χ0) is 17.5. The van der Waals surface area contributed by atoms with Gasteiger partial charge >= 0.3 is 0 Å². The molecule has 0 radical (unpaired) electrons. The molecule has 1 aromatic carbocycles. The molecule has 1 aliphatic heterocycles.